The number of hydrogen-bond donors (Lipinski definition) is 1. The molecule has 2 aliphatic rings. The number of thioether (sulfide) groups is 1. The average Bonchev–Trinajstić information content (AvgIpc) is 2.84. The fraction of sp³-hybridized carbons (Fsp3) is 0.579. The van der Waals surface area contributed by atoms with Gasteiger partial charge in [0, 0.05) is 12.6 Å². The molecule has 1 heterocycles. The van der Waals surface area contributed by atoms with Crippen LogP contribution in [0.15, 0.2) is 34.2 Å². The molecule has 0 amide bonds. The van der Waals surface area contributed by atoms with Crippen LogP contribution in [0.4, 0.5) is 5.69 Å². The van der Waals surface area contributed by atoms with Crippen molar-refractivity contribution in [1.29, 1.82) is 5.26 Å². The van der Waals surface area contributed by atoms with Gasteiger partial charge in [0.05, 0.1) is 10.6 Å². The van der Waals surface area contributed by atoms with Gasteiger partial charge < -0.3 is 0 Å². The number of nitriles is 1. The van der Waals surface area contributed by atoms with Crippen molar-refractivity contribution in [3.8, 4) is 6.19 Å². The van der Waals surface area contributed by atoms with Crippen LogP contribution in [0.5, 0.6) is 0 Å². The maximum absolute atomic E-state index is 13.4. The summed E-state index contributed by atoms with van der Waals surface area (Å²) in [4.78, 5) is 4.59. The number of aliphatic imine (C=N–C) groups is 1. The lowest BCUT2D eigenvalue weighted by Crippen LogP contribution is -2.37. The van der Waals surface area contributed by atoms with Gasteiger partial charge in [0.2, 0.25) is 10.0 Å². The SMILES string of the molecule is CSC(=Nc1cccc(S(=O)(=O)N2CC3(C)CC2CC(C)(C)C3)c1)NC#N. The third-order valence-corrected chi connectivity index (χ3v) is 7.85. The lowest BCUT2D eigenvalue weighted by atomic mass is 9.65. The van der Waals surface area contributed by atoms with Crippen molar-refractivity contribution in [2.75, 3.05) is 12.8 Å². The van der Waals surface area contributed by atoms with Crippen LogP contribution in [0, 0.1) is 22.3 Å². The van der Waals surface area contributed by atoms with E-state index in [0.29, 0.717) is 17.4 Å². The Hall–Kier alpha value is -1.56. The van der Waals surface area contributed by atoms with Gasteiger partial charge in [-0.15, -0.1) is 0 Å². The molecule has 0 spiro atoms. The van der Waals surface area contributed by atoms with Crippen LogP contribution in [-0.2, 0) is 10.0 Å². The highest BCUT2D eigenvalue weighted by Gasteiger charge is 2.53. The molecular formula is C19H26N4O2S2. The van der Waals surface area contributed by atoms with Crippen molar-refractivity contribution in [3.05, 3.63) is 24.3 Å². The van der Waals surface area contributed by atoms with Crippen molar-refractivity contribution in [3.63, 3.8) is 0 Å². The molecule has 146 valence electrons. The summed E-state index contributed by atoms with van der Waals surface area (Å²) < 4.78 is 28.4. The van der Waals surface area contributed by atoms with Crippen LogP contribution in [0.1, 0.15) is 40.0 Å². The van der Waals surface area contributed by atoms with E-state index >= 15 is 0 Å². The molecule has 1 saturated heterocycles. The molecule has 8 heteroatoms. The summed E-state index contributed by atoms with van der Waals surface area (Å²) in [5.41, 5.74) is 0.708. The van der Waals surface area contributed by atoms with Crippen molar-refractivity contribution in [2.45, 2.75) is 51.0 Å². The summed E-state index contributed by atoms with van der Waals surface area (Å²) in [5, 5.41) is 11.7. The van der Waals surface area contributed by atoms with E-state index in [0.717, 1.165) is 19.3 Å². The summed E-state index contributed by atoms with van der Waals surface area (Å²) in [6, 6.07) is 6.70. The lowest BCUT2D eigenvalue weighted by Gasteiger charge is -2.39. The van der Waals surface area contributed by atoms with Gasteiger partial charge in [-0.1, -0.05) is 38.6 Å². The van der Waals surface area contributed by atoms with E-state index in [2.05, 4.69) is 31.1 Å². The minimum absolute atomic E-state index is 0.0397. The second-order valence-electron chi connectivity index (χ2n) is 8.62. The molecule has 27 heavy (non-hydrogen) atoms. The first-order valence-electron chi connectivity index (χ1n) is 8.98. The highest BCUT2D eigenvalue weighted by molar-refractivity contribution is 8.13. The largest absolute Gasteiger partial charge is 0.271 e. The van der Waals surface area contributed by atoms with Crippen LogP contribution in [0.3, 0.4) is 0 Å². The second kappa shape index (κ2) is 7.12. The summed E-state index contributed by atoms with van der Waals surface area (Å²) >= 11 is 1.30. The Morgan fingerprint density at radius 2 is 2.11 bits per heavy atom. The van der Waals surface area contributed by atoms with E-state index in [1.807, 2.05) is 6.19 Å². The molecule has 1 aliphatic carbocycles. The molecule has 3 rings (SSSR count). The van der Waals surface area contributed by atoms with Gasteiger partial charge in [0.25, 0.3) is 0 Å². The molecule has 1 aromatic rings. The first-order valence-corrected chi connectivity index (χ1v) is 11.6. The Morgan fingerprint density at radius 1 is 1.37 bits per heavy atom. The van der Waals surface area contributed by atoms with E-state index in [1.54, 1.807) is 34.8 Å². The number of amidine groups is 1. The Bertz CT molecular complexity index is 905. The number of nitrogens with zero attached hydrogens (tertiary/aromatic N) is 3. The van der Waals surface area contributed by atoms with Crippen molar-refractivity contribution in [1.82, 2.24) is 9.62 Å². The highest BCUT2D eigenvalue weighted by atomic mass is 32.2. The maximum Gasteiger partial charge on any atom is 0.243 e. The monoisotopic (exact) mass is 406 g/mol. The second-order valence-corrected chi connectivity index (χ2v) is 11.3. The predicted octanol–water partition coefficient (Wildman–Crippen LogP) is 3.70. The third kappa shape index (κ3) is 4.15. The third-order valence-electron chi connectivity index (χ3n) is 5.38. The number of benzene rings is 1. The zero-order chi connectivity index (χ0) is 19.9. The van der Waals surface area contributed by atoms with Gasteiger partial charge in [-0.3, -0.25) is 5.32 Å². The molecule has 2 unspecified atom stereocenters. The van der Waals surface area contributed by atoms with Crippen molar-refractivity contribution in [2.24, 2.45) is 15.8 Å². The predicted molar refractivity (Wildman–Crippen MR) is 109 cm³/mol. The Balaban J connectivity index is 1.93. The van der Waals surface area contributed by atoms with Crippen LogP contribution < -0.4 is 5.32 Å². The molecule has 1 saturated carbocycles. The van der Waals surface area contributed by atoms with E-state index in [9.17, 15) is 8.42 Å². The standard InChI is InChI=1S/C19H26N4O2S2/c1-18(2)9-15-10-19(3,11-18)12-23(15)27(24,25)16-7-5-6-14(8-16)22-17(26-4)21-13-20/h5-8,15H,9-12H2,1-4H3,(H,21,22). The highest BCUT2D eigenvalue weighted by Crippen LogP contribution is 2.53. The summed E-state index contributed by atoms with van der Waals surface area (Å²) in [7, 11) is -3.59. The zero-order valence-corrected chi connectivity index (χ0v) is 17.8. The van der Waals surface area contributed by atoms with Crippen LogP contribution in [0.2, 0.25) is 0 Å². The molecule has 6 nitrogen and oxygen atoms in total. The summed E-state index contributed by atoms with van der Waals surface area (Å²) in [6.45, 7) is 7.24. The van der Waals surface area contributed by atoms with Crippen molar-refractivity contribution >= 4 is 32.6 Å². The van der Waals surface area contributed by atoms with Gasteiger partial charge in [-0.05, 0) is 54.5 Å². The Kier molecular flexibility index (Phi) is 5.32. The number of fused-ring (bicyclic) bond motifs is 2. The molecule has 1 aromatic carbocycles. The summed E-state index contributed by atoms with van der Waals surface area (Å²) in [5.74, 6) is 0. The fourth-order valence-electron chi connectivity index (χ4n) is 4.83. The maximum atomic E-state index is 13.4. The van der Waals surface area contributed by atoms with Crippen molar-refractivity contribution < 1.29 is 8.42 Å². The molecule has 1 N–H and O–H groups in total. The van der Waals surface area contributed by atoms with E-state index < -0.39 is 10.0 Å². The van der Waals surface area contributed by atoms with Gasteiger partial charge in [-0.2, -0.15) is 9.57 Å². The number of sulfonamides is 1. The Labute approximate surface area is 166 Å². The van der Waals surface area contributed by atoms with Crippen LogP contribution >= 0.6 is 11.8 Å². The Morgan fingerprint density at radius 3 is 2.78 bits per heavy atom. The minimum atomic E-state index is -3.59. The van der Waals surface area contributed by atoms with Crippen LogP contribution in [0.25, 0.3) is 0 Å². The van der Waals surface area contributed by atoms with Gasteiger partial charge in [-0.25, -0.2) is 13.4 Å². The minimum Gasteiger partial charge on any atom is -0.271 e. The molecule has 2 atom stereocenters. The van der Waals surface area contributed by atoms with Gasteiger partial charge >= 0.3 is 0 Å². The van der Waals surface area contributed by atoms with E-state index in [1.165, 1.54) is 11.8 Å². The molecule has 1 aliphatic heterocycles. The molecular weight excluding hydrogens is 380 g/mol. The van der Waals surface area contributed by atoms with Gasteiger partial charge in [0.1, 0.15) is 0 Å². The number of nitrogens with one attached hydrogen (secondary N) is 1. The average molecular weight is 407 g/mol. The lowest BCUT2D eigenvalue weighted by molar-refractivity contribution is 0.133. The van der Waals surface area contributed by atoms with Crippen LogP contribution in [-0.4, -0.2) is 36.7 Å². The first-order chi connectivity index (χ1) is 12.6. The molecule has 2 fully saturated rings. The zero-order valence-electron chi connectivity index (χ0n) is 16.2. The molecule has 2 bridgehead atoms. The molecule has 0 radical (unpaired) electrons. The van der Waals surface area contributed by atoms with Gasteiger partial charge in [0.15, 0.2) is 11.4 Å². The topological polar surface area (TPSA) is 85.6 Å². The molecule has 0 aromatic heterocycles. The normalized spacial score (nSPS) is 28.0. The van der Waals surface area contributed by atoms with E-state index in [-0.39, 0.29) is 21.8 Å². The number of rotatable bonds is 3. The smallest absolute Gasteiger partial charge is 0.243 e. The summed E-state index contributed by atoms with van der Waals surface area (Å²) in [6.07, 6.45) is 6.50. The quantitative estimate of drug-likeness (QED) is 0.358. The fourth-order valence-corrected chi connectivity index (χ4v) is 6.99. The number of hydrogen-bond acceptors (Lipinski definition) is 5. The van der Waals surface area contributed by atoms with E-state index in [4.69, 9.17) is 5.26 Å². The first kappa shape index (κ1) is 20.2.